The first-order valence-electron chi connectivity index (χ1n) is 8.49. The van der Waals surface area contributed by atoms with Crippen molar-refractivity contribution >= 4 is 32.6 Å². The SMILES string of the molecule is CCCCOc1ccc(C(=O)Nc2nc3c(C)c(C)ccc3s2)cc1. The van der Waals surface area contributed by atoms with Crippen LogP contribution in [0.5, 0.6) is 5.75 Å². The van der Waals surface area contributed by atoms with Crippen LogP contribution in [-0.4, -0.2) is 17.5 Å². The van der Waals surface area contributed by atoms with Crippen LogP contribution in [0.3, 0.4) is 0 Å². The van der Waals surface area contributed by atoms with E-state index in [-0.39, 0.29) is 5.91 Å². The Kier molecular flexibility index (Phi) is 5.34. The molecule has 3 aromatic rings. The number of fused-ring (bicyclic) bond motifs is 1. The Morgan fingerprint density at radius 3 is 2.64 bits per heavy atom. The molecule has 3 rings (SSSR count). The van der Waals surface area contributed by atoms with Gasteiger partial charge in [0.25, 0.3) is 5.91 Å². The number of thiazole rings is 1. The zero-order chi connectivity index (χ0) is 17.8. The van der Waals surface area contributed by atoms with Crippen LogP contribution < -0.4 is 10.1 Å². The number of unbranched alkanes of at least 4 members (excludes halogenated alkanes) is 1. The average molecular weight is 354 g/mol. The minimum absolute atomic E-state index is 0.159. The highest BCUT2D eigenvalue weighted by Gasteiger charge is 2.12. The number of aryl methyl sites for hydroxylation is 2. The second kappa shape index (κ2) is 7.66. The standard InChI is InChI=1S/C20H22N2O2S/c1-4-5-12-24-16-9-7-15(8-10-16)19(23)22-20-21-18-14(3)13(2)6-11-17(18)25-20/h6-11H,4-5,12H2,1-3H3,(H,21,22,23). The summed E-state index contributed by atoms with van der Waals surface area (Å²) < 4.78 is 6.70. The first-order chi connectivity index (χ1) is 12.1. The van der Waals surface area contributed by atoms with Gasteiger partial charge in [-0.3, -0.25) is 10.1 Å². The maximum Gasteiger partial charge on any atom is 0.257 e. The number of hydrogen-bond acceptors (Lipinski definition) is 4. The molecular formula is C20H22N2O2S. The van der Waals surface area contributed by atoms with Crippen LogP contribution in [0.25, 0.3) is 10.2 Å². The number of benzene rings is 2. The van der Waals surface area contributed by atoms with E-state index in [1.807, 2.05) is 18.2 Å². The van der Waals surface area contributed by atoms with E-state index in [9.17, 15) is 4.79 Å². The minimum atomic E-state index is -0.159. The molecule has 1 aromatic heterocycles. The van der Waals surface area contributed by atoms with E-state index in [0.717, 1.165) is 34.4 Å². The maximum atomic E-state index is 12.4. The molecule has 2 aromatic carbocycles. The van der Waals surface area contributed by atoms with Crippen LogP contribution in [0.15, 0.2) is 36.4 Å². The van der Waals surface area contributed by atoms with Crippen molar-refractivity contribution in [1.82, 2.24) is 4.98 Å². The van der Waals surface area contributed by atoms with Crippen molar-refractivity contribution in [3.05, 3.63) is 53.1 Å². The third kappa shape index (κ3) is 3.99. The molecular weight excluding hydrogens is 332 g/mol. The first-order valence-corrected chi connectivity index (χ1v) is 9.31. The highest BCUT2D eigenvalue weighted by atomic mass is 32.1. The molecule has 1 amide bonds. The normalized spacial score (nSPS) is 10.8. The van der Waals surface area contributed by atoms with Crippen LogP contribution in [-0.2, 0) is 0 Å². The van der Waals surface area contributed by atoms with E-state index in [1.54, 1.807) is 12.1 Å². The zero-order valence-corrected chi connectivity index (χ0v) is 15.6. The zero-order valence-electron chi connectivity index (χ0n) is 14.8. The largest absolute Gasteiger partial charge is 0.494 e. The third-order valence-electron chi connectivity index (χ3n) is 4.19. The van der Waals surface area contributed by atoms with Crippen LogP contribution in [0.4, 0.5) is 5.13 Å². The lowest BCUT2D eigenvalue weighted by atomic mass is 10.1. The molecule has 0 spiro atoms. The number of nitrogens with one attached hydrogen (secondary N) is 1. The van der Waals surface area contributed by atoms with E-state index >= 15 is 0 Å². The second-order valence-electron chi connectivity index (χ2n) is 6.05. The van der Waals surface area contributed by atoms with Crippen LogP contribution in [0.2, 0.25) is 0 Å². The lowest BCUT2D eigenvalue weighted by molar-refractivity contribution is 0.102. The fourth-order valence-corrected chi connectivity index (χ4v) is 3.41. The molecule has 5 heteroatoms. The highest BCUT2D eigenvalue weighted by Crippen LogP contribution is 2.29. The van der Waals surface area contributed by atoms with Gasteiger partial charge in [-0.25, -0.2) is 4.98 Å². The molecule has 0 radical (unpaired) electrons. The molecule has 0 bridgehead atoms. The Bertz CT molecular complexity index is 885. The van der Waals surface area contributed by atoms with Crippen LogP contribution >= 0.6 is 11.3 Å². The Labute approximate surface area is 151 Å². The monoisotopic (exact) mass is 354 g/mol. The summed E-state index contributed by atoms with van der Waals surface area (Å²) in [4.78, 5) is 17.0. The Morgan fingerprint density at radius 1 is 1.16 bits per heavy atom. The smallest absolute Gasteiger partial charge is 0.257 e. The van der Waals surface area contributed by atoms with Gasteiger partial charge < -0.3 is 4.74 Å². The van der Waals surface area contributed by atoms with Gasteiger partial charge in [-0.05, 0) is 61.7 Å². The number of amides is 1. The minimum Gasteiger partial charge on any atom is -0.494 e. The Morgan fingerprint density at radius 2 is 1.92 bits per heavy atom. The van der Waals surface area contributed by atoms with E-state index in [0.29, 0.717) is 17.3 Å². The number of carbonyl (C=O) groups excluding carboxylic acids is 1. The van der Waals surface area contributed by atoms with Crippen LogP contribution in [0, 0.1) is 13.8 Å². The summed E-state index contributed by atoms with van der Waals surface area (Å²) in [6.07, 6.45) is 2.13. The summed E-state index contributed by atoms with van der Waals surface area (Å²) >= 11 is 1.49. The van der Waals surface area contributed by atoms with E-state index in [1.165, 1.54) is 16.9 Å². The molecule has 25 heavy (non-hydrogen) atoms. The molecule has 0 unspecified atom stereocenters. The van der Waals surface area contributed by atoms with Crippen molar-refractivity contribution in [2.24, 2.45) is 0 Å². The summed E-state index contributed by atoms with van der Waals surface area (Å²) in [5.74, 6) is 0.629. The molecule has 0 atom stereocenters. The van der Waals surface area contributed by atoms with Gasteiger partial charge in [0.2, 0.25) is 0 Å². The van der Waals surface area contributed by atoms with Gasteiger partial charge >= 0.3 is 0 Å². The van der Waals surface area contributed by atoms with Gasteiger partial charge in [0, 0.05) is 5.56 Å². The third-order valence-corrected chi connectivity index (χ3v) is 5.12. The summed E-state index contributed by atoms with van der Waals surface area (Å²) in [6, 6.07) is 11.3. The molecule has 0 aliphatic carbocycles. The molecule has 0 aliphatic heterocycles. The molecule has 0 saturated heterocycles. The van der Waals surface area contributed by atoms with E-state index in [2.05, 4.69) is 37.1 Å². The van der Waals surface area contributed by atoms with Crippen molar-refractivity contribution in [2.75, 3.05) is 11.9 Å². The number of carbonyl (C=O) groups is 1. The quantitative estimate of drug-likeness (QED) is 0.608. The lowest BCUT2D eigenvalue weighted by Crippen LogP contribution is -2.11. The maximum absolute atomic E-state index is 12.4. The lowest BCUT2D eigenvalue weighted by Gasteiger charge is -2.06. The van der Waals surface area contributed by atoms with Gasteiger partial charge in [0.05, 0.1) is 16.8 Å². The molecule has 0 saturated carbocycles. The van der Waals surface area contributed by atoms with Gasteiger partial charge in [-0.2, -0.15) is 0 Å². The van der Waals surface area contributed by atoms with E-state index < -0.39 is 0 Å². The van der Waals surface area contributed by atoms with Gasteiger partial charge in [0.15, 0.2) is 5.13 Å². The Balaban J connectivity index is 1.70. The molecule has 0 aliphatic rings. The van der Waals surface area contributed by atoms with Crippen LogP contribution in [0.1, 0.15) is 41.3 Å². The molecule has 4 nitrogen and oxygen atoms in total. The predicted molar refractivity (Wildman–Crippen MR) is 104 cm³/mol. The van der Waals surface area contributed by atoms with Crippen molar-refractivity contribution in [1.29, 1.82) is 0 Å². The highest BCUT2D eigenvalue weighted by molar-refractivity contribution is 7.22. The van der Waals surface area contributed by atoms with Gasteiger partial charge in [-0.1, -0.05) is 30.7 Å². The fraction of sp³-hybridized carbons (Fsp3) is 0.300. The average Bonchev–Trinajstić information content (AvgIpc) is 3.02. The van der Waals surface area contributed by atoms with Gasteiger partial charge in [0.1, 0.15) is 5.75 Å². The number of rotatable bonds is 6. The molecule has 130 valence electrons. The number of aromatic nitrogens is 1. The predicted octanol–water partition coefficient (Wildman–Crippen LogP) is 5.34. The van der Waals surface area contributed by atoms with Crippen molar-refractivity contribution in [2.45, 2.75) is 33.6 Å². The van der Waals surface area contributed by atoms with Gasteiger partial charge in [-0.15, -0.1) is 0 Å². The molecule has 1 N–H and O–H groups in total. The fourth-order valence-electron chi connectivity index (χ4n) is 2.49. The second-order valence-corrected chi connectivity index (χ2v) is 7.08. The molecule has 1 heterocycles. The Hall–Kier alpha value is -2.40. The number of nitrogens with zero attached hydrogens (tertiary/aromatic N) is 1. The van der Waals surface area contributed by atoms with Crippen molar-refractivity contribution < 1.29 is 9.53 Å². The van der Waals surface area contributed by atoms with E-state index in [4.69, 9.17) is 4.74 Å². The molecule has 0 fully saturated rings. The van der Waals surface area contributed by atoms with Crippen molar-refractivity contribution in [3.63, 3.8) is 0 Å². The summed E-state index contributed by atoms with van der Waals surface area (Å²) in [5, 5.41) is 3.52. The summed E-state index contributed by atoms with van der Waals surface area (Å²) in [5.41, 5.74) is 3.91. The summed E-state index contributed by atoms with van der Waals surface area (Å²) in [6.45, 7) is 6.95. The number of ether oxygens (including phenoxy) is 1. The number of anilines is 1. The topological polar surface area (TPSA) is 51.2 Å². The summed E-state index contributed by atoms with van der Waals surface area (Å²) in [7, 11) is 0. The first kappa shape index (κ1) is 17.4. The number of hydrogen-bond donors (Lipinski definition) is 1. The van der Waals surface area contributed by atoms with Crippen molar-refractivity contribution in [3.8, 4) is 5.75 Å².